The lowest BCUT2D eigenvalue weighted by molar-refractivity contribution is 0.408. The predicted molar refractivity (Wildman–Crippen MR) is 52.2 cm³/mol. The average Bonchev–Trinajstić information content (AvgIpc) is 2.98. The molecule has 1 aromatic rings. The molecule has 1 saturated carbocycles. The lowest BCUT2D eigenvalue weighted by atomic mass is 10.1. The van der Waals surface area contributed by atoms with Crippen molar-refractivity contribution in [3.63, 3.8) is 0 Å². The van der Waals surface area contributed by atoms with Gasteiger partial charge in [0.15, 0.2) is 0 Å². The second-order valence-electron chi connectivity index (χ2n) is 3.52. The lowest BCUT2D eigenvalue weighted by Gasteiger charge is -2.06. The number of carbonyl (C=O) groups excluding carboxylic acids is 1. The average molecular weight is 207 g/mol. The Balaban J connectivity index is 2.28. The largest absolute Gasteiger partial charge is 0.496 e. The third-order valence-electron chi connectivity index (χ3n) is 2.57. The third kappa shape index (κ3) is 1.90. The molecule has 0 radical (unpaired) electrons. The summed E-state index contributed by atoms with van der Waals surface area (Å²) in [6.45, 7) is 0. The van der Waals surface area contributed by atoms with Gasteiger partial charge < -0.3 is 4.74 Å². The van der Waals surface area contributed by atoms with Gasteiger partial charge in [0.05, 0.1) is 13.2 Å². The van der Waals surface area contributed by atoms with Crippen molar-refractivity contribution in [3.05, 3.63) is 29.6 Å². The third-order valence-corrected chi connectivity index (χ3v) is 2.57. The maximum Gasteiger partial charge on any atom is 0.235 e. The van der Waals surface area contributed by atoms with Crippen molar-refractivity contribution < 1.29 is 13.9 Å². The topological polar surface area (TPSA) is 38.7 Å². The molecule has 0 N–H and O–H groups in total. The summed E-state index contributed by atoms with van der Waals surface area (Å²) < 4.78 is 18.1. The Kier molecular flexibility index (Phi) is 2.52. The Labute approximate surface area is 86.6 Å². The van der Waals surface area contributed by atoms with Crippen LogP contribution in [-0.4, -0.2) is 19.2 Å². The van der Waals surface area contributed by atoms with Gasteiger partial charge in [0.1, 0.15) is 11.6 Å². The fraction of sp³-hybridized carbons (Fsp3) is 0.364. The summed E-state index contributed by atoms with van der Waals surface area (Å²) in [6.07, 6.45) is 2.28. The second kappa shape index (κ2) is 3.83. The van der Waals surface area contributed by atoms with Crippen LogP contribution in [0.5, 0.6) is 5.75 Å². The van der Waals surface area contributed by atoms with Crippen molar-refractivity contribution in [3.8, 4) is 5.75 Å². The predicted octanol–water partition coefficient (Wildman–Crippen LogP) is 2.03. The molecule has 2 atom stereocenters. The van der Waals surface area contributed by atoms with Gasteiger partial charge in [0, 0.05) is 11.5 Å². The van der Waals surface area contributed by atoms with Gasteiger partial charge in [0.2, 0.25) is 6.08 Å². The van der Waals surface area contributed by atoms with Crippen LogP contribution in [0.1, 0.15) is 17.9 Å². The maximum absolute atomic E-state index is 13.0. The summed E-state index contributed by atoms with van der Waals surface area (Å²) in [5.41, 5.74) is 0.779. The molecular formula is C11H10FNO2. The van der Waals surface area contributed by atoms with E-state index in [1.165, 1.54) is 25.3 Å². The molecule has 0 heterocycles. The Morgan fingerprint density at radius 2 is 2.40 bits per heavy atom. The molecule has 3 nitrogen and oxygen atoms in total. The summed E-state index contributed by atoms with van der Waals surface area (Å²) in [7, 11) is 1.54. The zero-order chi connectivity index (χ0) is 10.8. The highest BCUT2D eigenvalue weighted by Crippen LogP contribution is 2.46. The van der Waals surface area contributed by atoms with Crippen LogP contribution in [0.25, 0.3) is 0 Å². The molecule has 0 saturated heterocycles. The van der Waals surface area contributed by atoms with E-state index >= 15 is 0 Å². The second-order valence-corrected chi connectivity index (χ2v) is 3.52. The Bertz CT molecular complexity index is 427. The Morgan fingerprint density at radius 3 is 3.07 bits per heavy atom. The summed E-state index contributed by atoms with van der Waals surface area (Å²) in [6, 6.07) is 4.32. The number of methoxy groups -OCH3 is 1. The molecule has 4 heteroatoms. The van der Waals surface area contributed by atoms with Crippen LogP contribution in [-0.2, 0) is 4.79 Å². The van der Waals surface area contributed by atoms with Crippen LogP contribution in [0.2, 0.25) is 0 Å². The lowest BCUT2D eigenvalue weighted by Crippen LogP contribution is -1.93. The van der Waals surface area contributed by atoms with Gasteiger partial charge in [-0.15, -0.1) is 0 Å². The van der Waals surface area contributed by atoms with Gasteiger partial charge in [-0.1, -0.05) is 0 Å². The summed E-state index contributed by atoms with van der Waals surface area (Å²) >= 11 is 0. The summed E-state index contributed by atoms with van der Waals surface area (Å²) in [5, 5.41) is 0. The molecule has 1 fully saturated rings. The Morgan fingerprint density at radius 1 is 1.60 bits per heavy atom. The van der Waals surface area contributed by atoms with Gasteiger partial charge in [-0.2, -0.15) is 0 Å². The Hall–Kier alpha value is -1.67. The first-order valence-corrected chi connectivity index (χ1v) is 4.66. The number of nitrogens with zero attached hydrogens (tertiary/aromatic N) is 1. The number of hydrogen-bond acceptors (Lipinski definition) is 3. The van der Waals surface area contributed by atoms with Crippen molar-refractivity contribution >= 4 is 6.08 Å². The van der Waals surface area contributed by atoms with Gasteiger partial charge in [-0.05, 0) is 24.6 Å². The molecule has 0 unspecified atom stereocenters. The van der Waals surface area contributed by atoms with E-state index in [4.69, 9.17) is 4.74 Å². The van der Waals surface area contributed by atoms with Crippen LogP contribution >= 0.6 is 0 Å². The molecule has 1 aliphatic carbocycles. The normalized spacial score (nSPS) is 23.1. The van der Waals surface area contributed by atoms with Gasteiger partial charge in [0.25, 0.3) is 0 Å². The monoisotopic (exact) mass is 207 g/mol. The first kappa shape index (κ1) is 9.87. The summed E-state index contributed by atoms with van der Waals surface area (Å²) in [5.74, 6) is 0.439. The molecule has 0 aliphatic heterocycles. The zero-order valence-electron chi connectivity index (χ0n) is 8.24. The van der Waals surface area contributed by atoms with Crippen LogP contribution in [0, 0.1) is 5.82 Å². The zero-order valence-corrected chi connectivity index (χ0v) is 8.24. The highest BCUT2D eigenvalue weighted by molar-refractivity contribution is 5.43. The van der Waals surface area contributed by atoms with E-state index in [0.29, 0.717) is 5.75 Å². The molecule has 2 rings (SSSR count). The minimum absolute atomic E-state index is 0.0572. The van der Waals surface area contributed by atoms with E-state index in [1.807, 2.05) is 0 Å². The maximum atomic E-state index is 13.0. The SMILES string of the molecule is COc1ccc(F)cc1[C@H]1C[C@@H]1N=C=O. The molecule has 1 aliphatic rings. The van der Waals surface area contributed by atoms with Crippen LogP contribution in [0.4, 0.5) is 4.39 Å². The molecule has 1 aromatic carbocycles. The quantitative estimate of drug-likeness (QED) is 0.561. The highest BCUT2D eigenvalue weighted by Gasteiger charge is 2.40. The van der Waals surface area contributed by atoms with Crippen LogP contribution in [0.3, 0.4) is 0 Å². The minimum atomic E-state index is -0.300. The first-order chi connectivity index (χ1) is 7.26. The number of aliphatic imine (C=N–C) groups is 1. The molecule has 0 aromatic heterocycles. The molecule has 0 amide bonds. The van der Waals surface area contributed by atoms with Crippen molar-refractivity contribution in [2.75, 3.05) is 7.11 Å². The summed E-state index contributed by atoms with van der Waals surface area (Å²) in [4.78, 5) is 13.7. The minimum Gasteiger partial charge on any atom is -0.496 e. The number of hydrogen-bond donors (Lipinski definition) is 0. The van der Waals surface area contributed by atoms with E-state index in [2.05, 4.69) is 4.99 Å². The highest BCUT2D eigenvalue weighted by atomic mass is 19.1. The number of halogens is 1. The number of benzene rings is 1. The number of isocyanates is 1. The van der Waals surface area contributed by atoms with Crippen molar-refractivity contribution in [2.45, 2.75) is 18.4 Å². The van der Waals surface area contributed by atoms with Crippen molar-refractivity contribution in [1.29, 1.82) is 0 Å². The molecule has 0 bridgehead atoms. The van der Waals surface area contributed by atoms with E-state index in [0.717, 1.165) is 12.0 Å². The first-order valence-electron chi connectivity index (χ1n) is 4.66. The van der Waals surface area contributed by atoms with Crippen molar-refractivity contribution in [1.82, 2.24) is 0 Å². The molecule has 15 heavy (non-hydrogen) atoms. The number of ether oxygens (including phenoxy) is 1. The fourth-order valence-corrected chi connectivity index (χ4v) is 1.72. The van der Waals surface area contributed by atoms with E-state index in [-0.39, 0.29) is 17.8 Å². The standard InChI is InChI=1S/C11H10FNO2/c1-15-11-3-2-7(12)4-9(11)8-5-10(8)13-6-14/h2-4,8,10H,5H2,1H3/t8-,10+/m1/s1. The van der Waals surface area contributed by atoms with Crippen LogP contribution < -0.4 is 4.74 Å². The van der Waals surface area contributed by atoms with Gasteiger partial charge in [-0.25, -0.2) is 14.2 Å². The van der Waals surface area contributed by atoms with Crippen molar-refractivity contribution in [2.24, 2.45) is 4.99 Å². The molecular weight excluding hydrogens is 197 g/mol. The number of rotatable bonds is 3. The van der Waals surface area contributed by atoms with E-state index < -0.39 is 0 Å². The van der Waals surface area contributed by atoms with Crippen LogP contribution in [0.15, 0.2) is 23.2 Å². The van der Waals surface area contributed by atoms with Gasteiger partial charge >= 0.3 is 0 Å². The van der Waals surface area contributed by atoms with E-state index in [9.17, 15) is 9.18 Å². The molecule has 78 valence electrons. The van der Waals surface area contributed by atoms with E-state index in [1.54, 1.807) is 6.07 Å². The smallest absolute Gasteiger partial charge is 0.235 e. The fourth-order valence-electron chi connectivity index (χ4n) is 1.72. The van der Waals surface area contributed by atoms with Gasteiger partial charge in [-0.3, -0.25) is 0 Å². The molecule has 0 spiro atoms.